The van der Waals surface area contributed by atoms with Crippen molar-refractivity contribution in [1.29, 1.82) is 0 Å². The molecule has 0 aromatic heterocycles. The zero-order chi connectivity index (χ0) is 28.2. The molecule has 40 heavy (non-hydrogen) atoms. The smallest absolute Gasteiger partial charge is 0.548 e. The van der Waals surface area contributed by atoms with E-state index in [4.69, 9.17) is 5.73 Å². The molecular weight excluding hydrogens is 580 g/mol. The van der Waals surface area contributed by atoms with Gasteiger partial charge in [0.15, 0.2) is 0 Å². The molecule has 3 fully saturated rings. The zero-order valence-electron chi connectivity index (χ0n) is 23.1. The number of hydrogen-bond donors (Lipinski definition) is 4. The van der Waals surface area contributed by atoms with E-state index >= 15 is 0 Å². The topological polar surface area (TPSA) is 197 Å². The molecular formula is C24H29N5Na2O7S2. The summed E-state index contributed by atoms with van der Waals surface area (Å²) in [5.74, 6) is -4.75. The maximum absolute atomic E-state index is 13.5. The molecule has 0 saturated carbocycles. The number of benzene rings is 1. The Hall–Kier alpha value is -0.810. The molecule has 5 N–H and O–H groups in total. The SMILES string of the molecule is CC1(C)S[C@@H]2[C@H](NC(=O)C(NC(=O)[C@H](N)c3ccccc3)[C@@H]3N[C@@H](C(=O)[O-])C(C)(C)S3)C(=O)N2[C@H]1C(=O)[O-].[Na+].[Na+]. The van der Waals surface area contributed by atoms with E-state index in [9.17, 15) is 34.2 Å². The molecule has 4 rings (SSSR count). The molecule has 0 aliphatic carbocycles. The summed E-state index contributed by atoms with van der Waals surface area (Å²) in [6.45, 7) is 6.69. The average Bonchev–Trinajstić information content (AvgIpc) is 3.30. The van der Waals surface area contributed by atoms with Gasteiger partial charge in [-0.05, 0) is 33.3 Å². The number of fused-ring (bicyclic) bond motifs is 1. The van der Waals surface area contributed by atoms with Crippen LogP contribution in [-0.4, -0.2) is 79.0 Å². The summed E-state index contributed by atoms with van der Waals surface area (Å²) in [5.41, 5.74) is 6.62. The van der Waals surface area contributed by atoms with E-state index in [2.05, 4.69) is 16.0 Å². The Morgan fingerprint density at radius 2 is 1.57 bits per heavy atom. The van der Waals surface area contributed by atoms with E-state index < -0.39 is 80.1 Å². The minimum absolute atomic E-state index is 0. The normalized spacial score (nSPS) is 29.0. The van der Waals surface area contributed by atoms with Crippen molar-refractivity contribution >= 4 is 53.2 Å². The molecule has 3 aliphatic heterocycles. The van der Waals surface area contributed by atoms with Gasteiger partial charge >= 0.3 is 59.1 Å². The Morgan fingerprint density at radius 3 is 2.10 bits per heavy atom. The molecule has 1 aromatic carbocycles. The largest absolute Gasteiger partial charge is 1.00 e. The summed E-state index contributed by atoms with van der Waals surface area (Å²) in [6, 6.07) is 2.76. The summed E-state index contributed by atoms with van der Waals surface area (Å²) in [5, 5.41) is 30.0. The van der Waals surface area contributed by atoms with Crippen LogP contribution in [0.3, 0.4) is 0 Å². The number of hydrogen-bond acceptors (Lipinski definition) is 11. The number of thioether (sulfide) groups is 2. The van der Waals surface area contributed by atoms with Gasteiger partial charge in [-0.2, -0.15) is 0 Å². The molecule has 7 atom stereocenters. The molecule has 0 spiro atoms. The van der Waals surface area contributed by atoms with Crippen LogP contribution in [0.5, 0.6) is 0 Å². The molecule has 3 saturated heterocycles. The second-order valence-electron chi connectivity index (χ2n) is 10.5. The number of nitrogens with one attached hydrogen (secondary N) is 3. The first-order chi connectivity index (χ1) is 17.7. The molecule has 1 unspecified atom stereocenters. The number of carbonyl (C=O) groups excluding carboxylic acids is 5. The minimum Gasteiger partial charge on any atom is -0.548 e. The van der Waals surface area contributed by atoms with E-state index in [1.54, 1.807) is 58.0 Å². The standard InChI is InChI=1S/C24H31N5O7S2.2Na/c1-23(2)14(21(33)34)28-18(37-23)12(26-16(30)11(25)10-8-6-5-7-9-10)17(31)27-13-19(32)29-15(22(35)36)24(3,4)38-20(13)29;;/h5-9,11-15,18,20,28H,25H2,1-4H3,(H,26,30)(H,27,31)(H,33,34)(H,35,36);;/q;2*+1/p-2/t11-,12?,13-,14+,15+,18-,20-;;/m1../s1. The van der Waals surface area contributed by atoms with Gasteiger partial charge in [0.05, 0.1) is 29.4 Å². The summed E-state index contributed by atoms with van der Waals surface area (Å²) < 4.78 is -1.73. The van der Waals surface area contributed by atoms with Gasteiger partial charge in [0.25, 0.3) is 0 Å². The first-order valence-corrected chi connectivity index (χ1v) is 13.7. The van der Waals surface area contributed by atoms with Gasteiger partial charge in [0, 0.05) is 9.49 Å². The number of aliphatic carboxylic acids is 2. The minimum atomic E-state index is -1.38. The van der Waals surface area contributed by atoms with E-state index in [1.165, 1.54) is 16.7 Å². The first kappa shape index (κ1) is 35.4. The predicted octanol–water partition coefficient (Wildman–Crippen LogP) is -8.96. The Morgan fingerprint density at radius 1 is 0.975 bits per heavy atom. The van der Waals surface area contributed by atoms with Crippen molar-refractivity contribution in [3.8, 4) is 0 Å². The summed E-state index contributed by atoms with van der Waals surface area (Å²) in [7, 11) is 0. The van der Waals surface area contributed by atoms with E-state index in [0.29, 0.717) is 5.56 Å². The van der Waals surface area contributed by atoms with Crippen molar-refractivity contribution in [2.45, 2.75) is 78.1 Å². The third kappa shape index (κ3) is 6.71. The van der Waals surface area contributed by atoms with E-state index in [0.717, 1.165) is 11.8 Å². The van der Waals surface area contributed by atoms with Crippen molar-refractivity contribution in [3.05, 3.63) is 35.9 Å². The van der Waals surface area contributed by atoms with E-state index in [-0.39, 0.29) is 59.1 Å². The van der Waals surface area contributed by atoms with Crippen LogP contribution in [0.4, 0.5) is 0 Å². The van der Waals surface area contributed by atoms with Crippen LogP contribution in [0.25, 0.3) is 0 Å². The van der Waals surface area contributed by atoms with Crippen LogP contribution >= 0.6 is 23.5 Å². The Bertz CT molecular complexity index is 1180. The number of β-lactam (4-membered cyclic amide) rings is 1. The number of amides is 3. The van der Waals surface area contributed by atoms with Crippen LogP contribution in [0.2, 0.25) is 0 Å². The van der Waals surface area contributed by atoms with Gasteiger partial charge in [0.1, 0.15) is 23.5 Å². The maximum Gasteiger partial charge on any atom is 1.00 e. The summed E-state index contributed by atoms with van der Waals surface area (Å²) in [4.78, 5) is 64.1. The third-order valence-corrected chi connectivity index (χ3v) is 10.1. The number of carboxylic acids is 2. The fourth-order valence-electron chi connectivity index (χ4n) is 5.01. The van der Waals surface area contributed by atoms with Crippen LogP contribution in [-0.2, 0) is 24.0 Å². The number of rotatable bonds is 8. The van der Waals surface area contributed by atoms with Crippen molar-refractivity contribution in [1.82, 2.24) is 20.9 Å². The van der Waals surface area contributed by atoms with Crippen molar-refractivity contribution in [3.63, 3.8) is 0 Å². The van der Waals surface area contributed by atoms with Crippen molar-refractivity contribution < 1.29 is 93.3 Å². The van der Waals surface area contributed by atoms with Crippen LogP contribution in [0.15, 0.2) is 30.3 Å². The fourth-order valence-corrected chi connectivity index (χ4v) is 8.12. The predicted molar refractivity (Wildman–Crippen MR) is 136 cm³/mol. The van der Waals surface area contributed by atoms with Gasteiger partial charge in [-0.3, -0.25) is 19.7 Å². The van der Waals surface area contributed by atoms with E-state index in [1.807, 2.05) is 0 Å². The molecule has 206 valence electrons. The molecule has 3 amide bonds. The molecule has 16 heteroatoms. The molecule has 1 aromatic rings. The molecule has 0 bridgehead atoms. The second-order valence-corrected chi connectivity index (χ2v) is 14.1. The molecule has 0 radical (unpaired) electrons. The summed E-state index contributed by atoms with van der Waals surface area (Å²) >= 11 is 2.36. The van der Waals surface area contributed by atoms with Gasteiger partial charge < -0.3 is 41.1 Å². The number of nitrogens with zero attached hydrogens (tertiary/aromatic N) is 1. The quantitative estimate of drug-likeness (QED) is 0.161. The van der Waals surface area contributed by atoms with Crippen molar-refractivity contribution in [2.75, 3.05) is 0 Å². The van der Waals surface area contributed by atoms with Crippen LogP contribution in [0, 0.1) is 0 Å². The van der Waals surface area contributed by atoms with Crippen LogP contribution < -0.4 is 91.0 Å². The Balaban J connectivity index is 0.00000280. The summed E-state index contributed by atoms with van der Waals surface area (Å²) in [6.07, 6.45) is 0. The van der Waals surface area contributed by atoms with Gasteiger partial charge in [-0.1, -0.05) is 30.3 Å². The number of carboxylic acid groups (broad SMARTS) is 2. The molecule has 3 heterocycles. The maximum atomic E-state index is 13.5. The van der Waals surface area contributed by atoms with Crippen LogP contribution in [0.1, 0.15) is 39.3 Å². The number of nitrogens with two attached hydrogens (primary N) is 1. The first-order valence-electron chi connectivity index (χ1n) is 11.9. The average molecular weight is 610 g/mol. The second kappa shape index (κ2) is 13.2. The van der Waals surface area contributed by atoms with Gasteiger partial charge in [-0.15, -0.1) is 23.5 Å². The molecule has 12 nitrogen and oxygen atoms in total. The monoisotopic (exact) mass is 609 g/mol. The zero-order valence-corrected chi connectivity index (χ0v) is 28.8. The third-order valence-electron chi connectivity index (χ3n) is 6.98. The Kier molecular flexibility index (Phi) is 11.7. The Labute approximate surface area is 284 Å². The number of carbonyl (C=O) groups is 5. The van der Waals surface area contributed by atoms with Gasteiger partial charge in [0.2, 0.25) is 17.7 Å². The fraction of sp³-hybridized carbons (Fsp3) is 0.542. The van der Waals surface area contributed by atoms with Crippen molar-refractivity contribution in [2.24, 2.45) is 5.73 Å². The van der Waals surface area contributed by atoms with Gasteiger partial charge in [-0.25, -0.2) is 0 Å². The molecule has 3 aliphatic rings.